The van der Waals surface area contributed by atoms with E-state index in [1.165, 1.54) is 0 Å². The average molecular weight is 446 g/mol. The van der Waals surface area contributed by atoms with Crippen LogP contribution in [0, 0.1) is 0 Å². The lowest BCUT2D eigenvalue weighted by Gasteiger charge is -2.19. The molecule has 8 N–H and O–H groups in total. The van der Waals surface area contributed by atoms with Gasteiger partial charge in [-0.3, -0.25) is 9.59 Å². The molecule has 1 aromatic rings. The number of aliphatic carboxylic acids is 4. The lowest BCUT2D eigenvalue weighted by Crippen LogP contribution is -2.24. The molecule has 0 saturated heterocycles. The number of rotatable bonds is 10. The van der Waals surface area contributed by atoms with Crippen molar-refractivity contribution in [1.82, 2.24) is 0 Å². The monoisotopic (exact) mass is 446 g/mol. The van der Waals surface area contributed by atoms with E-state index in [4.69, 9.17) is 30.6 Å². The molecule has 0 amide bonds. The van der Waals surface area contributed by atoms with Crippen molar-refractivity contribution < 1.29 is 69.6 Å². The van der Waals surface area contributed by atoms with Crippen LogP contribution < -0.4 is 0 Å². The number of hydrogen-bond acceptors (Lipinski definition) is 8. The Morgan fingerprint density at radius 3 is 1.10 bits per heavy atom. The summed E-state index contributed by atoms with van der Waals surface area (Å²) in [6.07, 6.45) is -4.98. The summed E-state index contributed by atoms with van der Waals surface area (Å²) in [5, 5.41) is 70.8. The van der Waals surface area contributed by atoms with Crippen molar-refractivity contribution in [2.24, 2.45) is 0 Å². The second-order valence-electron chi connectivity index (χ2n) is 5.72. The van der Waals surface area contributed by atoms with Gasteiger partial charge in [0, 0.05) is 24.0 Å². The van der Waals surface area contributed by atoms with Crippen LogP contribution in [0.15, 0.2) is 12.1 Å². The van der Waals surface area contributed by atoms with Crippen LogP contribution in [0.1, 0.15) is 63.3 Å². The van der Waals surface area contributed by atoms with E-state index in [0.717, 1.165) is 0 Å². The first-order chi connectivity index (χ1) is 14.2. The average Bonchev–Trinajstić information content (AvgIpc) is 2.65. The highest BCUT2D eigenvalue weighted by Gasteiger charge is 2.34. The normalized spacial score (nSPS) is 11.9. The predicted molar refractivity (Wildman–Crippen MR) is 94.7 cm³/mol. The van der Waals surface area contributed by atoms with Gasteiger partial charge >= 0.3 is 35.8 Å². The topological polar surface area (TPSA) is 264 Å². The Morgan fingerprint density at radius 2 is 0.903 bits per heavy atom. The van der Waals surface area contributed by atoms with Crippen molar-refractivity contribution in [3.63, 3.8) is 0 Å². The number of benzene rings is 1. The van der Waals surface area contributed by atoms with E-state index in [1.807, 2.05) is 0 Å². The third-order valence-corrected chi connectivity index (χ3v) is 3.54. The Kier molecular flexibility index (Phi) is 10.3. The second-order valence-corrected chi connectivity index (χ2v) is 5.72. The molecule has 0 radical (unpaired) electrons. The number of aliphatic hydroxyl groups is 2. The summed E-state index contributed by atoms with van der Waals surface area (Å²) in [7, 11) is 0. The lowest BCUT2D eigenvalue weighted by atomic mass is 9.88. The van der Waals surface area contributed by atoms with Gasteiger partial charge in [0.2, 0.25) is 0 Å². The van der Waals surface area contributed by atoms with Gasteiger partial charge in [-0.25, -0.2) is 19.2 Å². The quantitative estimate of drug-likeness (QED) is 0.228. The number of hydrogen-bond donors (Lipinski definition) is 8. The molecule has 0 saturated carbocycles. The number of aromatic carboxylic acids is 2. The van der Waals surface area contributed by atoms with Crippen LogP contribution in [-0.2, 0) is 19.2 Å². The molecular weight excluding hydrogens is 428 g/mol. The molecule has 0 bridgehead atoms. The van der Waals surface area contributed by atoms with Crippen molar-refractivity contribution in [2.45, 2.75) is 31.5 Å². The van der Waals surface area contributed by atoms with Crippen LogP contribution in [0.5, 0.6) is 0 Å². The molecule has 31 heavy (non-hydrogen) atoms. The van der Waals surface area contributed by atoms with Crippen molar-refractivity contribution in [2.75, 3.05) is 0 Å². The van der Waals surface area contributed by atoms with Crippen molar-refractivity contribution in [3.8, 4) is 0 Å². The summed E-state index contributed by atoms with van der Waals surface area (Å²) in [5.74, 6) is -9.24. The molecule has 14 heteroatoms. The summed E-state index contributed by atoms with van der Waals surface area (Å²) in [6.45, 7) is 0. The fourth-order valence-corrected chi connectivity index (χ4v) is 2.24. The lowest BCUT2D eigenvalue weighted by molar-refractivity contribution is -0.149. The Morgan fingerprint density at radius 1 is 0.613 bits per heavy atom. The van der Waals surface area contributed by atoms with Crippen molar-refractivity contribution in [1.29, 1.82) is 0 Å². The fraction of sp³-hybridized carbons (Fsp3) is 0.294. The molecule has 0 aliphatic heterocycles. The van der Waals surface area contributed by atoms with Crippen molar-refractivity contribution in [3.05, 3.63) is 34.4 Å². The molecule has 14 nitrogen and oxygen atoms in total. The third kappa shape index (κ3) is 8.08. The molecule has 0 aromatic heterocycles. The van der Waals surface area contributed by atoms with Gasteiger partial charge in [0.1, 0.15) is 0 Å². The van der Waals surface area contributed by atoms with Crippen LogP contribution in [-0.4, -0.2) is 76.7 Å². The van der Waals surface area contributed by atoms with Crippen LogP contribution >= 0.6 is 0 Å². The zero-order valence-electron chi connectivity index (χ0n) is 15.5. The zero-order valence-corrected chi connectivity index (χ0v) is 15.5. The number of carboxylic acids is 6. The zero-order chi connectivity index (χ0) is 24.5. The molecule has 0 fully saturated rings. The van der Waals surface area contributed by atoms with Crippen LogP contribution in [0.25, 0.3) is 0 Å². The van der Waals surface area contributed by atoms with Gasteiger partial charge in [-0.2, -0.15) is 0 Å². The van der Waals surface area contributed by atoms with E-state index in [9.17, 15) is 39.0 Å². The summed E-state index contributed by atoms with van der Waals surface area (Å²) < 4.78 is 0. The molecule has 0 aliphatic carbocycles. The van der Waals surface area contributed by atoms with Gasteiger partial charge in [0.25, 0.3) is 0 Å². The Labute approximate surface area is 172 Å². The maximum atomic E-state index is 11.1. The number of carboxylic acid groups (broad SMARTS) is 6. The molecule has 170 valence electrons. The number of carbonyl (C=O) groups is 6. The van der Waals surface area contributed by atoms with Gasteiger partial charge in [-0.05, 0) is 18.6 Å². The van der Waals surface area contributed by atoms with Crippen LogP contribution in [0.3, 0.4) is 0 Å². The molecule has 1 rings (SSSR count). The molecule has 2 atom stereocenters. The minimum absolute atomic E-state index is 0.0632. The van der Waals surface area contributed by atoms with E-state index in [-0.39, 0.29) is 19.3 Å². The van der Waals surface area contributed by atoms with Crippen molar-refractivity contribution >= 4 is 35.8 Å². The highest BCUT2D eigenvalue weighted by molar-refractivity contribution is 5.98. The van der Waals surface area contributed by atoms with Gasteiger partial charge in [0.15, 0.2) is 12.2 Å². The van der Waals surface area contributed by atoms with Crippen LogP contribution in [0.2, 0.25) is 0 Å². The summed E-state index contributed by atoms with van der Waals surface area (Å²) in [5.41, 5.74) is -3.69. The third-order valence-electron chi connectivity index (χ3n) is 3.54. The molecular formula is C17H18O14. The van der Waals surface area contributed by atoms with E-state index in [2.05, 4.69) is 0 Å². The Balaban J connectivity index is 0.000000842. The van der Waals surface area contributed by atoms with Crippen LogP contribution in [0.4, 0.5) is 0 Å². The second kappa shape index (κ2) is 11.8. The van der Waals surface area contributed by atoms with E-state index < -0.39 is 70.3 Å². The summed E-state index contributed by atoms with van der Waals surface area (Å²) >= 11 is 0. The van der Waals surface area contributed by atoms with E-state index in [0.29, 0.717) is 12.1 Å². The minimum Gasteiger partial charge on any atom is -0.481 e. The standard InChI is InChI=1S/C12H10O10.C5H8O4/c13-7(11(19)20)5-3(9(15)16)1-2-4(10(17)18)6(5)8(14)12(21)22;6-4(7)2-1-3-5(8)9/h1-2,7-8,13-14H,(H,15,16)(H,17,18)(H,19,20)(H,21,22);1-3H2,(H,6,7)(H,8,9). The van der Waals surface area contributed by atoms with Gasteiger partial charge in [-0.1, -0.05) is 0 Å². The summed E-state index contributed by atoms with van der Waals surface area (Å²) in [6, 6.07) is 1.40. The first-order valence-electron chi connectivity index (χ1n) is 8.11. The molecule has 0 heterocycles. The maximum absolute atomic E-state index is 11.1. The highest BCUT2D eigenvalue weighted by atomic mass is 16.4. The molecule has 1 aromatic carbocycles. The van der Waals surface area contributed by atoms with Gasteiger partial charge in [0.05, 0.1) is 11.1 Å². The minimum atomic E-state index is -2.53. The maximum Gasteiger partial charge on any atom is 0.337 e. The molecule has 0 spiro atoms. The Hall–Kier alpha value is -4.04. The first-order valence-corrected chi connectivity index (χ1v) is 8.11. The first kappa shape index (κ1) is 27.0. The van der Waals surface area contributed by atoms with E-state index in [1.54, 1.807) is 0 Å². The molecule has 0 aliphatic rings. The number of aliphatic hydroxyl groups excluding tert-OH is 2. The summed E-state index contributed by atoms with van der Waals surface area (Å²) in [4.78, 5) is 63.5. The molecule has 2 unspecified atom stereocenters. The fourth-order valence-electron chi connectivity index (χ4n) is 2.24. The predicted octanol–water partition coefficient (Wildman–Crippen LogP) is -0.355. The smallest absolute Gasteiger partial charge is 0.337 e. The highest BCUT2D eigenvalue weighted by Crippen LogP contribution is 2.31. The largest absolute Gasteiger partial charge is 0.481 e. The SMILES string of the molecule is O=C(O)CCCC(=O)O.O=C(O)c1ccc(C(=O)O)c(C(O)C(=O)O)c1C(O)C(=O)O. The van der Waals surface area contributed by atoms with E-state index >= 15 is 0 Å². The van der Waals surface area contributed by atoms with Gasteiger partial charge < -0.3 is 40.9 Å². The Bertz CT molecular complexity index is 816. The van der Waals surface area contributed by atoms with Gasteiger partial charge in [-0.15, -0.1) is 0 Å².